The van der Waals surface area contributed by atoms with Crippen molar-refractivity contribution in [2.75, 3.05) is 0 Å². The fraction of sp³-hybridized carbons (Fsp3) is 0.111. The van der Waals surface area contributed by atoms with Crippen molar-refractivity contribution in [2.24, 2.45) is 0 Å². The monoisotopic (exact) mass is 204 g/mol. The largest absolute Gasteiger partial charge is 0.294 e. The van der Waals surface area contributed by atoms with Gasteiger partial charge in [0.15, 0.2) is 0 Å². The highest BCUT2D eigenvalue weighted by molar-refractivity contribution is 5.53. The fourth-order valence-electron chi connectivity index (χ4n) is 1.30. The average molecular weight is 204 g/mol. The number of nitro groups is 1. The van der Waals surface area contributed by atoms with Crippen LogP contribution < -0.4 is 0 Å². The molecule has 1 aromatic carbocycles. The third-order valence-electron chi connectivity index (χ3n) is 1.99. The molecule has 6 heteroatoms. The molecule has 0 saturated heterocycles. The Kier molecular flexibility index (Phi) is 2.17. The Labute approximate surface area is 85.3 Å². The van der Waals surface area contributed by atoms with Gasteiger partial charge in [-0.3, -0.25) is 10.1 Å². The number of aromatic nitrogens is 3. The molecule has 0 fully saturated rings. The highest BCUT2D eigenvalue weighted by Crippen LogP contribution is 2.22. The lowest BCUT2D eigenvalue weighted by atomic mass is 10.2. The van der Waals surface area contributed by atoms with Crippen LogP contribution in [-0.2, 0) is 0 Å². The third-order valence-corrected chi connectivity index (χ3v) is 1.99. The number of nitrogens with zero attached hydrogens (tertiary/aromatic N) is 4. The summed E-state index contributed by atoms with van der Waals surface area (Å²) in [4.78, 5) is 14.1. The molecule has 0 spiro atoms. The summed E-state index contributed by atoms with van der Waals surface area (Å²) in [7, 11) is 0. The topological polar surface area (TPSA) is 73.8 Å². The normalized spacial score (nSPS) is 10.2. The van der Waals surface area contributed by atoms with E-state index in [1.807, 2.05) is 6.92 Å². The summed E-state index contributed by atoms with van der Waals surface area (Å²) < 4.78 is 1.38. The molecule has 0 amide bonds. The summed E-state index contributed by atoms with van der Waals surface area (Å²) in [6.07, 6.45) is 2.77. The van der Waals surface area contributed by atoms with Crippen molar-refractivity contribution in [3.63, 3.8) is 0 Å². The molecule has 15 heavy (non-hydrogen) atoms. The molecule has 0 aliphatic heterocycles. The van der Waals surface area contributed by atoms with Crippen LogP contribution in [0.1, 0.15) is 5.56 Å². The summed E-state index contributed by atoms with van der Waals surface area (Å²) >= 11 is 0. The molecule has 0 unspecified atom stereocenters. The minimum absolute atomic E-state index is 0.0195. The van der Waals surface area contributed by atoms with Crippen LogP contribution in [0.4, 0.5) is 5.69 Å². The van der Waals surface area contributed by atoms with E-state index in [-0.39, 0.29) is 5.69 Å². The molecular formula is C9H8N4O2. The average Bonchev–Trinajstić information content (AvgIpc) is 2.69. The van der Waals surface area contributed by atoms with Gasteiger partial charge in [-0.15, -0.1) is 0 Å². The van der Waals surface area contributed by atoms with E-state index < -0.39 is 4.92 Å². The van der Waals surface area contributed by atoms with Crippen LogP contribution in [0.2, 0.25) is 0 Å². The highest BCUT2D eigenvalue weighted by atomic mass is 16.6. The van der Waals surface area contributed by atoms with Gasteiger partial charge >= 0.3 is 0 Å². The molecule has 2 rings (SSSR count). The SMILES string of the molecule is Cc1ccc([N+](=O)[O-])c(-n2cncn2)c1. The van der Waals surface area contributed by atoms with Crippen LogP contribution in [0.3, 0.4) is 0 Å². The van der Waals surface area contributed by atoms with Crippen molar-refractivity contribution in [3.8, 4) is 5.69 Å². The molecule has 0 aliphatic rings. The van der Waals surface area contributed by atoms with Crippen molar-refractivity contribution in [3.05, 3.63) is 46.5 Å². The lowest BCUT2D eigenvalue weighted by molar-refractivity contribution is -0.384. The van der Waals surface area contributed by atoms with Crippen LogP contribution in [-0.4, -0.2) is 19.7 Å². The van der Waals surface area contributed by atoms with Crippen molar-refractivity contribution in [1.29, 1.82) is 0 Å². The van der Waals surface area contributed by atoms with E-state index in [0.717, 1.165) is 5.56 Å². The number of benzene rings is 1. The predicted octanol–water partition coefficient (Wildman–Crippen LogP) is 1.48. The van der Waals surface area contributed by atoms with E-state index in [9.17, 15) is 10.1 Å². The van der Waals surface area contributed by atoms with E-state index >= 15 is 0 Å². The van der Waals surface area contributed by atoms with E-state index in [1.54, 1.807) is 12.1 Å². The van der Waals surface area contributed by atoms with Gasteiger partial charge in [-0.1, -0.05) is 6.07 Å². The molecule has 0 radical (unpaired) electrons. The maximum atomic E-state index is 10.8. The van der Waals surface area contributed by atoms with E-state index in [1.165, 1.54) is 23.4 Å². The molecule has 0 bridgehead atoms. The van der Waals surface area contributed by atoms with Gasteiger partial charge in [0.25, 0.3) is 5.69 Å². The Balaban J connectivity index is 2.63. The Bertz CT molecular complexity index is 493. The molecule has 0 aliphatic carbocycles. The summed E-state index contributed by atoms with van der Waals surface area (Å²) in [5, 5.41) is 14.6. The first-order valence-corrected chi connectivity index (χ1v) is 4.28. The molecule has 76 valence electrons. The first kappa shape index (κ1) is 9.32. The molecule has 2 aromatic rings. The maximum absolute atomic E-state index is 10.8. The predicted molar refractivity (Wildman–Crippen MR) is 52.8 cm³/mol. The Morgan fingerprint density at radius 1 is 1.47 bits per heavy atom. The van der Waals surface area contributed by atoms with Gasteiger partial charge in [-0.25, -0.2) is 9.67 Å². The number of aryl methyl sites for hydroxylation is 1. The zero-order chi connectivity index (χ0) is 10.8. The summed E-state index contributed by atoms with van der Waals surface area (Å²) in [6, 6.07) is 4.86. The van der Waals surface area contributed by atoms with E-state index in [0.29, 0.717) is 5.69 Å². The Morgan fingerprint density at radius 3 is 2.87 bits per heavy atom. The molecule has 1 aromatic heterocycles. The minimum Gasteiger partial charge on any atom is -0.258 e. The van der Waals surface area contributed by atoms with E-state index in [2.05, 4.69) is 10.1 Å². The molecular weight excluding hydrogens is 196 g/mol. The third kappa shape index (κ3) is 1.69. The fourth-order valence-corrected chi connectivity index (χ4v) is 1.30. The van der Waals surface area contributed by atoms with Crippen LogP contribution in [0.15, 0.2) is 30.9 Å². The van der Waals surface area contributed by atoms with Crippen molar-refractivity contribution in [1.82, 2.24) is 14.8 Å². The van der Waals surface area contributed by atoms with Crippen LogP contribution in [0.5, 0.6) is 0 Å². The second-order valence-corrected chi connectivity index (χ2v) is 3.09. The Morgan fingerprint density at radius 2 is 2.27 bits per heavy atom. The number of hydrogen-bond donors (Lipinski definition) is 0. The van der Waals surface area contributed by atoms with Crippen LogP contribution in [0, 0.1) is 17.0 Å². The smallest absolute Gasteiger partial charge is 0.258 e. The maximum Gasteiger partial charge on any atom is 0.294 e. The highest BCUT2D eigenvalue weighted by Gasteiger charge is 2.15. The van der Waals surface area contributed by atoms with Crippen LogP contribution >= 0.6 is 0 Å². The number of rotatable bonds is 2. The zero-order valence-electron chi connectivity index (χ0n) is 7.99. The van der Waals surface area contributed by atoms with Gasteiger partial charge in [0.05, 0.1) is 4.92 Å². The van der Waals surface area contributed by atoms with Gasteiger partial charge in [0.2, 0.25) is 0 Å². The first-order chi connectivity index (χ1) is 7.18. The molecule has 0 N–H and O–H groups in total. The Hall–Kier alpha value is -2.24. The van der Waals surface area contributed by atoms with Gasteiger partial charge in [-0.2, -0.15) is 5.10 Å². The summed E-state index contributed by atoms with van der Waals surface area (Å²) in [6.45, 7) is 1.87. The van der Waals surface area contributed by atoms with Crippen molar-refractivity contribution >= 4 is 5.69 Å². The summed E-state index contributed by atoms with van der Waals surface area (Å²) in [5.41, 5.74) is 1.38. The number of nitro benzene ring substituents is 1. The zero-order valence-corrected chi connectivity index (χ0v) is 7.99. The standard InChI is InChI=1S/C9H8N4O2/c1-7-2-3-8(13(14)15)9(4-7)12-6-10-5-11-12/h2-6H,1H3. The first-order valence-electron chi connectivity index (χ1n) is 4.28. The van der Waals surface area contributed by atoms with Crippen molar-refractivity contribution in [2.45, 2.75) is 6.92 Å². The van der Waals surface area contributed by atoms with E-state index in [4.69, 9.17) is 0 Å². The van der Waals surface area contributed by atoms with Gasteiger partial charge in [-0.05, 0) is 18.6 Å². The number of hydrogen-bond acceptors (Lipinski definition) is 4. The van der Waals surface area contributed by atoms with Crippen molar-refractivity contribution < 1.29 is 4.92 Å². The molecule has 6 nitrogen and oxygen atoms in total. The quantitative estimate of drug-likeness (QED) is 0.548. The van der Waals surface area contributed by atoms with Gasteiger partial charge in [0, 0.05) is 6.07 Å². The molecule has 0 saturated carbocycles. The molecule has 0 atom stereocenters. The summed E-state index contributed by atoms with van der Waals surface area (Å²) in [5.74, 6) is 0. The second kappa shape index (κ2) is 3.49. The molecule has 1 heterocycles. The lowest BCUT2D eigenvalue weighted by Gasteiger charge is -2.02. The van der Waals surface area contributed by atoms with Gasteiger partial charge < -0.3 is 0 Å². The lowest BCUT2D eigenvalue weighted by Crippen LogP contribution is -2.00. The van der Waals surface area contributed by atoms with Crippen LogP contribution in [0.25, 0.3) is 5.69 Å². The minimum atomic E-state index is -0.434. The second-order valence-electron chi connectivity index (χ2n) is 3.09. The van der Waals surface area contributed by atoms with Gasteiger partial charge in [0.1, 0.15) is 18.3 Å².